The number of benzene rings is 1. The lowest BCUT2D eigenvalue weighted by Gasteiger charge is -2.06. The largest absolute Gasteiger partial charge is 0.299 e. The molecule has 0 bridgehead atoms. The fourth-order valence-electron chi connectivity index (χ4n) is 1.43. The summed E-state index contributed by atoms with van der Waals surface area (Å²) >= 11 is 17.7. The van der Waals surface area contributed by atoms with Crippen molar-refractivity contribution in [2.24, 2.45) is 0 Å². The highest BCUT2D eigenvalue weighted by atomic mass is 35.5. The number of halogens is 4. The summed E-state index contributed by atoms with van der Waals surface area (Å²) in [5.41, 5.74) is 0.169. The second kappa shape index (κ2) is 4.69. The smallest absolute Gasteiger partial charge is 0.250 e. The number of hydrogen-bond donors (Lipinski definition) is 1. The van der Waals surface area contributed by atoms with E-state index in [2.05, 4.69) is 0 Å². The zero-order chi connectivity index (χ0) is 12.6. The SMILES string of the molecule is O=c1cc(-c2cc(Cl)cc(Cl)c2Cl)cc(F)[nH]1. The molecule has 0 aliphatic carbocycles. The molecule has 2 nitrogen and oxygen atoms in total. The molecular weight excluding hydrogens is 287 g/mol. The molecule has 1 N–H and O–H groups in total. The molecule has 0 aliphatic heterocycles. The Kier molecular flexibility index (Phi) is 3.43. The second-order valence-corrected chi connectivity index (χ2v) is 4.55. The number of rotatable bonds is 1. The molecular formula is C11H5Cl3FNO. The normalized spacial score (nSPS) is 10.6. The maximum atomic E-state index is 13.1. The van der Waals surface area contributed by atoms with E-state index in [1.807, 2.05) is 4.98 Å². The van der Waals surface area contributed by atoms with Crippen LogP contribution in [0.4, 0.5) is 4.39 Å². The van der Waals surface area contributed by atoms with E-state index in [0.717, 1.165) is 6.07 Å². The average Bonchev–Trinajstić information content (AvgIpc) is 2.22. The minimum absolute atomic E-state index is 0.223. The minimum Gasteiger partial charge on any atom is -0.299 e. The predicted molar refractivity (Wildman–Crippen MR) is 67.5 cm³/mol. The highest BCUT2D eigenvalue weighted by Crippen LogP contribution is 2.35. The van der Waals surface area contributed by atoms with Gasteiger partial charge in [0.15, 0.2) is 5.95 Å². The van der Waals surface area contributed by atoms with Crippen molar-refractivity contribution >= 4 is 34.8 Å². The van der Waals surface area contributed by atoms with Crippen molar-refractivity contribution in [1.82, 2.24) is 4.98 Å². The number of aromatic amines is 1. The van der Waals surface area contributed by atoms with Crippen LogP contribution in [0.15, 0.2) is 29.1 Å². The van der Waals surface area contributed by atoms with Crippen molar-refractivity contribution in [3.8, 4) is 11.1 Å². The number of pyridine rings is 1. The first kappa shape index (κ1) is 12.4. The molecule has 17 heavy (non-hydrogen) atoms. The third kappa shape index (κ3) is 2.63. The summed E-state index contributed by atoms with van der Waals surface area (Å²) < 4.78 is 13.1. The van der Waals surface area contributed by atoms with E-state index in [9.17, 15) is 9.18 Å². The van der Waals surface area contributed by atoms with Crippen LogP contribution in [0.5, 0.6) is 0 Å². The Hall–Kier alpha value is -1.03. The molecule has 2 aromatic rings. The van der Waals surface area contributed by atoms with Crippen LogP contribution in [0.2, 0.25) is 15.1 Å². The first-order valence-corrected chi connectivity index (χ1v) is 5.65. The van der Waals surface area contributed by atoms with Gasteiger partial charge in [-0.05, 0) is 23.8 Å². The van der Waals surface area contributed by atoms with E-state index in [1.54, 1.807) is 0 Å². The lowest BCUT2D eigenvalue weighted by molar-refractivity contribution is 0.580. The van der Waals surface area contributed by atoms with Crippen LogP contribution in [0.1, 0.15) is 0 Å². The Morgan fingerprint density at radius 2 is 1.76 bits per heavy atom. The van der Waals surface area contributed by atoms with E-state index in [-0.39, 0.29) is 10.0 Å². The molecule has 1 aromatic heterocycles. The average molecular weight is 293 g/mol. The van der Waals surface area contributed by atoms with E-state index >= 15 is 0 Å². The van der Waals surface area contributed by atoms with Gasteiger partial charge >= 0.3 is 0 Å². The van der Waals surface area contributed by atoms with Gasteiger partial charge in [-0.15, -0.1) is 0 Å². The van der Waals surface area contributed by atoms with Gasteiger partial charge in [-0.25, -0.2) is 0 Å². The standard InChI is InChI=1S/C11H5Cl3FNO/c12-6-3-7(11(14)8(13)4-6)5-1-9(15)16-10(17)2-5/h1-4H,(H,16,17). The minimum atomic E-state index is -0.750. The van der Waals surface area contributed by atoms with Gasteiger partial charge < -0.3 is 0 Å². The Morgan fingerprint density at radius 1 is 1.06 bits per heavy atom. The number of H-pyrrole nitrogens is 1. The molecule has 0 fully saturated rings. The van der Waals surface area contributed by atoms with Gasteiger partial charge in [-0.1, -0.05) is 34.8 Å². The Morgan fingerprint density at radius 3 is 2.41 bits per heavy atom. The van der Waals surface area contributed by atoms with Crippen molar-refractivity contribution in [3.63, 3.8) is 0 Å². The van der Waals surface area contributed by atoms with Gasteiger partial charge in [0.25, 0.3) is 5.56 Å². The topological polar surface area (TPSA) is 32.9 Å². The monoisotopic (exact) mass is 291 g/mol. The van der Waals surface area contributed by atoms with Gasteiger partial charge in [0.2, 0.25) is 0 Å². The molecule has 2 rings (SSSR count). The van der Waals surface area contributed by atoms with Gasteiger partial charge in [0, 0.05) is 16.7 Å². The van der Waals surface area contributed by atoms with E-state index < -0.39 is 11.5 Å². The van der Waals surface area contributed by atoms with Crippen LogP contribution in [0, 0.1) is 5.95 Å². The quantitative estimate of drug-likeness (QED) is 0.622. The molecule has 0 unspecified atom stereocenters. The zero-order valence-corrected chi connectivity index (χ0v) is 10.5. The summed E-state index contributed by atoms with van der Waals surface area (Å²) in [6.45, 7) is 0. The number of nitrogens with one attached hydrogen (secondary N) is 1. The van der Waals surface area contributed by atoms with E-state index in [4.69, 9.17) is 34.8 Å². The van der Waals surface area contributed by atoms with Crippen LogP contribution >= 0.6 is 34.8 Å². The Bertz CT molecular complexity index is 639. The van der Waals surface area contributed by atoms with Crippen LogP contribution in [-0.4, -0.2) is 4.98 Å². The molecule has 1 heterocycles. The van der Waals surface area contributed by atoms with Crippen LogP contribution < -0.4 is 5.56 Å². The third-order valence-electron chi connectivity index (χ3n) is 2.12. The highest BCUT2D eigenvalue weighted by Gasteiger charge is 2.10. The molecule has 6 heteroatoms. The summed E-state index contributed by atoms with van der Waals surface area (Å²) in [4.78, 5) is 13.2. The molecule has 0 saturated heterocycles. The lowest BCUT2D eigenvalue weighted by atomic mass is 10.1. The van der Waals surface area contributed by atoms with Gasteiger partial charge in [0.05, 0.1) is 10.0 Å². The molecule has 0 amide bonds. The lowest BCUT2D eigenvalue weighted by Crippen LogP contribution is -2.06. The highest BCUT2D eigenvalue weighted by molar-refractivity contribution is 6.45. The summed E-state index contributed by atoms with van der Waals surface area (Å²) in [5.74, 6) is -0.750. The molecule has 0 radical (unpaired) electrons. The van der Waals surface area contributed by atoms with Crippen molar-refractivity contribution in [2.75, 3.05) is 0 Å². The first-order valence-electron chi connectivity index (χ1n) is 4.52. The second-order valence-electron chi connectivity index (χ2n) is 3.33. The number of aromatic nitrogens is 1. The summed E-state index contributed by atoms with van der Waals surface area (Å²) in [7, 11) is 0. The van der Waals surface area contributed by atoms with Crippen molar-refractivity contribution < 1.29 is 4.39 Å². The van der Waals surface area contributed by atoms with Gasteiger partial charge in [0.1, 0.15) is 0 Å². The fraction of sp³-hybridized carbons (Fsp3) is 0. The number of hydrogen-bond acceptors (Lipinski definition) is 1. The van der Waals surface area contributed by atoms with Crippen molar-refractivity contribution in [3.05, 3.63) is 55.6 Å². The fourth-order valence-corrected chi connectivity index (χ4v) is 2.14. The van der Waals surface area contributed by atoms with Gasteiger partial charge in [-0.3, -0.25) is 9.78 Å². The van der Waals surface area contributed by atoms with Crippen LogP contribution in [0.3, 0.4) is 0 Å². The Labute approximate surface area is 111 Å². The molecule has 0 atom stereocenters. The van der Waals surface area contributed by atoms with E-state index in [1.165, 1.54) is 18.2 Å². The summed E-state index contributed by atoms with van der Waals surface area (Å²) in [6, 6.07) is 5.36. The molecule has 0 saturated carbocycles. The van der Waals surface area contributed by atoms with Crippen molar-refractivity contribution in [1.29, 1.82) is 0 Å². The maximum Gasteiger partial charge on any atom is 0.250 e. The van der Waals surface area contributed by atoms with Gasteiger partial charge in [-0.2, -0.15) is 4.39 Å². The van der Waals surface area contributed by atoms with Crippen LogP contribution in [0.25, 0.3) is 11.1 Å². The molecule has 1 aromatic carbocycles. The first-order chi connectivity index (χ1) is 7.97. The van der Waals surface area contributed by atoms with E-state index in [0.29, 0.717) is 16.1 Å². The molecule has 0 spiro atoms. The predicted octanol–water partition coefficient (Wildman–Crippen LogP) is 4.14. The maximum absolute atomic E-state index is 13.1. The Balaban J connectivity index is 2.72. The zero-order valence-electron chi connectivity index (χ0n) is 8.23. The molecule has 88 valence electrons. The van der Waals surface area contributed by atoms with Crippen molar-refractivity contribution in [2.45, 2.75) is 0 Å². The summed E-state index contributed by atoms with van der Waals surface area (Å²) in [6.07, 6.45) is 0. The molecule has 0 aliphatic rings. The van der Waals surface area contributed by atoms with Crippen LogP contribution in [-0.2, 0) is 0 Å². The summed E-state index contributed by atoms with van der Waals surface area (Å²) in [5, 5.41) is 0.825. The third-order valence-corrected chi connectivity index (χ3v) is 3.14.